The number of carbonyl (C=O) groups excluding carboxylic acids is 1. The number of aromatic nitrogens is 2. The van der Waals surface area contributed by atoms with Crippen LogP contribution in [0.5, 0.6) is 0 Å². The van der Waals surface area contributed by atoms with Crippen molar-refractivity contribution in [2.24, 2.45) is 0 Å². The minimum absolute atomic E-state index is 0.0240. The molecule has 0 bridgehead atoms. The molecule has 1 amide bonds. The van der Waals surface area contributed by atoms with Crippen molar-refractivity contribution in [1.82, 2.24) is 15.0 Å². The Kier molecular flexibility index (Phi) is 5.96. The summed E-state index contributed by atoms with van der Waals surface area (Å²) in [5.74, 6) is 0.988. The molecule has 0 saturated carbocycles. The van der Waals surface area contributed by atoms with Gasteiger partial charge in [-0.05, 0) is 39.0 Å². The summed E-state index contributed by atoms with van der Waals surface area (Å²) in [7, 11) is 1.76. The molecule has 1 heterocycles. The summed E-state index contributed by atoms with van der Waals surface area (Å²) in [6.07, 6.45) is 0. The zero-order chi connectivity index (χ0) is 19.4. The van der Waals surface area contributed by atoms with Crippen molar-refractivity contribution < 1.29 is 9.32 Å². The predicted octanol–water partition coefficient (Wildman–Crippen LogP) is 4.49. The van der Waals surface area contributed by atoms with Gasteiger partial charge in [0.1, 0.15) is 0 Å². The van der Waals surface area contributed by atoms with E-state index in [0.29, 0.717) is 11.7 Å². The van der Waals surface area contributed by atoms with Gasteiger partial charge in [-0.3, -0.25) is 4.79 Å². The first kappa shape index (κ1) is 19.2. The maximum absolute atomic E-state index is 12.7. The molecular formula is C21H23N3O2S. The highest BCUT2D eigenvalue weighted by Crippen LogP contribution is 2.25. The standard InChI is InChI=1S/C21H23N3O2S/c1-14-8-10-18(11-9-14)27-16(3)21(25)24(4)13-19-22-20(23-26-19)17-7-5-6-15(2)12-17/h5-12,16H,13H2,1-4H3. The third kappa shape index (κ3) is 4.98. The van der Waals surface area contributed by atoms with Crippen molar-refractivity contribution in [1.29, 1.82) is 0 Å². The van der Waals surface area contributed by atoms with Crippen molar-refractivity contribution in [3.05, 3.63) is 65.5 Å². The van der Waals surface area contributed by atoms with Gasteiger partial charge in [0.2, 0.25) is 17.6 Å². The molecule has 5 nitrogen and oxygen atoms in total. The fourth-order valence-electron chi connectivity index (χ4n) is 2.68. The van der Waals surface area contributed by atoms with Crippen molar-refractivity contribution >= 4 is 17.7 Å². The Morgan fingerprint density at radius 2 is 1.89 bits per heavy atom. The summed E-state index contributed by atoms with van der Waals surface area (Å²) in [6.45, 7) is 6.27. The molecule has 2 aromatic carbocycles. The van der Waals surface area contributed by atoms with E-state index in [1.165, 1.54) is 5.56 Å². The van der Waals surface area contributed by atoms with Crippen LogP contribution in [0, 0.1) is 13.8 Å². The van der Waals surface area contributed by atoms with Gasteiger partial charge in [0, 0.05) is 17.5 Å². The molecule has 0 saturated heterocycles. The second-order valence-electron chi connectivity index (χ2n) is 6.65. The first-order valence-corrected chi connectivity index (χ1v) is 9.68. The van der Waals surface area contributed by atoms with Gasteiger partial charge in [-0.25, -0.2) is 0 Å². The van der Waals surface area contributed by atoms with Gasteiger partial charge in [-0.1, -0.05) is 46.6 Å². The number of carbonyl (C=O) groups is 1. The fourth-order valence-corrected chi connectivity index (χ4v) is 3.67. The minimum atomic E-state index is -0.197. The summed E-state index contributed by atoms with van der Waals surface area (Å²) in [5, 5.41) is 3.83. The first-order chi connectivity index (χ1) is 12.9. The normalized spacial score (nSPS) is 12.0. The van der Waals surface area contributed by atoms with E-state index in [0.717, 1.165) is 16.0 Å². The Bertz CT molecular complexity index is 921. The number of thioether (sulfide) groups is 1. The number of benzene rings is 2. The molecule has 0 fully saturated rings. The smallest absolute Gasteiger partial charge is 0.246 e. The van der Waals surface area contributed by atoms with Crippen LogP contribution < -0.4 is 0 Å². The Morgan fingerprint density at radius 3 is 2.59 bits per heavy atom. The van der Waals surface area contributed by atoms with Crippen molar-refractivity contribution in [2.75, 3.05) is 7.05 Å². The lowest BCUT2D eigenvalue weighted by molar-refractivity contribution is -0.129. The molecule has 140 valence electrons. The summed E-state index contributed by atoms with van der Waals surface area (Å²) in [6, 6.07) is 16.1. The first-order valence-electron chi connectivity index (χ1n) is 8.80. The maximum atomic E-state index is 12.7. The van der Waals surface area contributed by atoms with E-state index < -0.39 is 0 Å². The molecule has 1 unspecified atom stereocenters. The molecular weight excluding hydrogens is 358 g/mol. The molecule has 3 rings (SSSR count). The number of aryl methyl sites for hydroxylation is 2. The third-order valence-electron chi connectivity index (χ3n) is 4.17. The molecule has 0 N–H and O–H groups in total. The van der Waals surface area contributed by atoms with Gasteiger partial charge in [0.05, 0.1) is 11.8 Å². The zero-order valence-electron chi connectivity index (χ0n) is 16.0. The molecule has 0 aliphatic carbocycles. The number of rotatable bonds is 6. The molecule has 0 aliphatic heterocycles. The fraction of sp³-hybridized carbons (Fsp3) is 0.286. The lowest BCUT2D eigenvalue weighted by atomic mass is 10.1. The van der Waals surface area contributed by atoms with Crippen LogP contribution in [-0.2, 0) is 11.3 Å². The number of hydrogen-bond acceptors (Lipinski definition) is 5. The van der Waals surface area contributed by atoms with E-state index in [-0.39, 0.29) is 17.7 Å². The highest BCUT2D eigenvalue weighted by molar-refractivity contribution is 8.00. The van der Waals surface area contributed by atoms with E-state index in [9.17, 15) is 4.79 Å². The summed E-state index contributed by atoms with van der Waals surface area (Å²) in [5.41, 5.74) is 3.24. The Balaban J connectivity index is 1.61. The van der Waals surface area contributed by atoms with E-state index in [1.54, 1.807) is 23.7 Å². The summed E-state index contributed by atoms with van der Waals surface area (Å²) in [4.78, 5) is 19.8. The van der Waals surface area contributed by atoms with Crippen LogP contribution in [0.15, 0.2) is 57.9 Å². The van der Waals surface area contributed by atoms with E-state index in [4.69, 9.17) is 4.52 Å². The largest absolute Gasteiger partial charge is 0.337 e. The Morgan fingerprint density at radius 1 is 1.15 bits per heavy atom. The lowest BCUT2D eigenvalue weighted by Crippen LogP contribution is -2.32. The van der Waals surface area contributed by atoms with Crippen molar-refractivity contribution in [3.8, 4) is 11.4 Å². The van der Waals surface area contributed by atoms with Gasteiger partial charge in [-0.2, -0.15) is 4.98 Å². The number of amides is 1. The molecule has 1 atom stereocenters. The SMILES string of the molecule is Cc1ccc(SC(C)C(=O)N(C)Cc2nc(-c3cccc(C)c3)no2)cc1. The second kappa shape index (κ2) is 8.39. The topological polar surface area (TPSA) is 59.2 Å². The van der Waals surface area contributed by atoms with Crippen LogP contribution in [0.1, 0.15) is 23.9 Å². The molecule has 27 heavy (non-hydrogen) atoms. The monoisotopic (exact) mass is 381 g/mol. The predicted molar refractivity (Wildman–Crippen MR) is 107 cm³/mol. The lowest BCUT2D eigenvalue weighted by Gasteiger charge is -2.19. The van der Waals surface area contributed by atoms with Gasteiger partial charge >= 0.3 is 0 Å². The minimum Gasteiger partial charge on any atom is -0.337 e. The van der Waals surface area contributed by atoms with Crippen LogP contribution in [0.4, 0.5) is 0 Å². The molecule has 0 radical (unpaired) electrons. The second-order valence-corrected chi connectivity index (χ2v) is 8.06. The van der Waals surface area contributed by atoms with Crippen LogP contribution in [-0.4, -0.2) is 33.2 Å². The summed E-state index contributed by atoms with van der Waals surface area (Å²) >= 11 is 1.55. The van der Waals surface area contributed by atoms with Crippen LogP contribution in [0.2, 0.25) is 0 Å². The van der Waals surface area contributed by atoms with Crippen LogP contribution in [0.25, 0.3) is 11.4 Å². The molecule has 6 heteroatoms. The average Bonchev–Trinajstić information content (AvgIpc) is 3.11. The Hall–Kier alpha value is -2.60. The molecule has 1 aromatic heterocycles. The molecule has 3 aromatic rings. The van der Waals surface area contributed by atoms with E-state index in [2.05, 4.69) is 22.3 Å². The average molecular weight is 382 g/mol. The third-order valence-corrected chi connectivity index (χ3v) is 5.27. The van der Waals surface area contributed by atoms with Gasteiger partial charge < -0.3 is 9.42 Å². The van der Waals surface area contributed by atoms with Gasteiger partial charge in [0.15, 0.2) is 0 Å². The zero-order valence-corrected chi connectivity index (χ0v) is 16.8. The van der Waals surface area contributed by atoms with E-state index in [1.807, 2.05) is 57.2 Å². The molecule has 0 aliphatic rings. The van der Waals surface area contributed by atoms with Gasteiger partial charge in [0.25, 0.3) is 0 Å². The van der Waals surface area contributed by atoms with Crippen LogP contribution >= 0.6 is 11.8 Å². The quantitative estimate of drug-likeness (QED) is 0.589. The van der Waals surface area contributed by atoms with Crippen molar-refractivity contribution in [2.45, 2.75) is 37.5 Å². The highest BCUT2D eigenvalue weighted by atomic mass is 32.2. The number of hydrogen-bond donors (Lipinski definition) is 0. The van der Waals surface area contributed by atoms with Gasteiger partial charge in [-0.15, -0.1) is 11.8 Å². The number of nitrogens with zero attached hydrogens (tertiary/aromatic N) is 3. The summed E-state index contributed by atoms with van der Waals surface area (Å²) < 4.78 is 5.33. The van der Waals surface area contributed by atoms with Crippen LogP contribution in [0.3, 0.4) is 0 Å². The van der Waals surface area contributed by atoms with Crippen molar-refractivity contribution in [3.63, 3.8) is 0 Å². The highest BCUT2D eigenvalue weighted by Gasteiger charge is 2.21. The maximum Gasteiger partial charge on any atom is 0.246 e. The Labute approximate surface area is 163 Å². The van der Waals surface area contributed by atoms with E-state index >= 15 is 0 Å². The molecule has 0 spiro atoms.